The molecule has 0 spiro atoms. The van der Waals surface area contributed by atoms with Gasteiger partial charge in [0, 0.05) is 0 Å². The predicted octanol–water partition coefficient (Wildman–Crippen LogP) is 2.75. The second-order valence-electron chi connectivity index (χ2n) is 5.33. The fraction of sp³-hybridized carbons (Fsp3) is 0.467. The van der Waals surface area contributed by atoms with Gasteiger partial charge in [-0.3, -0.25) is 14.5 Å². The van der Waals surface area contributed by atoms with Gasteiger partial charge in [-0.05, 0) is 25.0 Å². The molecule has 21 heavy (non-hydrogen) atoms. The van der Waals surface area contributed by atoms with Crippen LogP contribution in [-0.4, -0.2) is 23.9 Å². The van der Waals surface area contributed by atoms with E-state index in [0.29, 0.717) is 0 Å². The van der Waals surface area contributed by atoms with Crippen LogP contribution in [0.25, 0.3) is 0 Å². The topological polar surface area (TPSA) is 49.4 Å². The molecular weight excluding hydrogens is 295 g/mol. The molecule has 1 aromatic carbocycles. The number of benzene rings is 1. The number of hydrogen-bond donors (Lipinski definition) is 1. The number of amides is 2. The van der Waals surface area contributed by atoms with Crippen molar-refractivity contribution in [3.63, 3.8) is 0 Å². The second-order valence-corrected chi connectivity index (χ2v) is 5.74. The summed E-state index contributed by atoms with van der Waals surface area (Å²) >= 11 is 5.78. The van der Waals surface area contributed by atoms with E-state index in [1.54, 1.807) is 13.0 Å². The second kappa shape index (κ2) is 6.02. The molecule has 1 aliphatic rings. The Bertz CT molecular complexity index is 579. The monoisotopic (exact) mass is 312 g/mol. The van der Waals surface area contributed by atoms with E-state index in [9.17, 15) is 14.0 Å². The van der Waals surface area contributed by atoms with E-state index in [1.165, 1.54) is 17.0 Å². The Morgan fingerprint density at radius 1 is 1.43 bits per heavy atom. The molecule has 2 amide bonds. The number of nitrogens with one attached hydrogen (secondary N) is 1. The van der Waals surface area contributed by atoms with Crippen LogP contribution in [0.4, 0.5) is 10.1 Å². The van der Waals surface area contributed by atoms with Crippen LogP contribution in [0.3, 0.4) is 0 Å². The third-order valence-corrected chi connectivity index (χ3v) is 4.26. The first kappa shape index (κ1) is 15.8. The first-order chi connectivity index (χ1) is 9.88. The van der Waals surface area contributed by atoms with Crippen molar-refractivity contribution in [3.8, 4) is 0 Å². The molecule has 3 atom stereocenters. The summed E-state index contributed by atoms with van der Waals surface area (Å²) in [5.41, 5.74) is 0.0446. The summed E-state index contributed by atoms with van der Waals surface area (Å²) in [6.45, 7) is 5.39. The molecule has 1 saturated heterocycles. The van der Waals surface area contributed by atoms with Gasteiger partial charge in [-0.1, -0.05) is 37.9 Å². The highest BCUT2D eigenvalue weighted by molar-refractivity contribution is 6.31. The third-order valence-electron chi connectivity index (χ3n) is 3.97. The van der Waals surface area contributed by atoms with Crippen LogP contribution in [0.2, 0.25) is 5.02 Å². The van der Waals surface area contributed by atoms with E-state index < -0.39 is 17.9 Å². The molecule has 1 heterocycles. The molecule has 4 nitrogen and oxygen atoms in total. The molecule has 0 saturated carbocycles. The van der Waals surface area contributed by atoms with Gasteiger partial charge in [0.2, 0.25) is 5.91 Å². The zero-order valence-electron chi connectivity index (χ0n) is 12.2. The van der Waals surface area contributed by atoms with Gasteiger partial charge in [0.1, 0.15) is 12.1 Å². The van der Waals surface area contributed by atoms with Crippen molar-refractivity contribution in [3.05, 3.63) is 29.0 Å². The van der Waals surface area contributed by atoms with Crippen LogP contribution in [-0.2, 0) is 9.59 Å². The highest BCUT2D eigenvalue weighted by Crippen LogP contribution is 2.30. The standard InChI is InChI=1S/C15H18ClFN2O2/c1-4-8(2)13-15(21)19(9(3)14(20)18-13)11-7-5-6-10(16)12(11)17/h5-9,13H,4H2,1-3H3,(H,18,20). The van der Waals surface area contributed by atoms with E-state index >= 15 is 0 Å². The number of nitrogens with zero attached hydrogens (tertiary/aromatic N) is 1. The summed E-state index contributed by atoms with van der Waals surface area (Å²) in [6.07, 6.45) is 0.733. The van der Waals surface area contributed by atoms with E-state index in [0.717, 1.165) is 6.42 Å². The largest absolute Gasteiger partial charge is 0.342 e. The van der Waals surface area contributed by atoms with Gasteiger partial charge in [-0.15, -0.1) is 0 Å². The fourth-order valence-electron chi connectivity index (χ4n) is 2.42. The SMILES string of the molecule is CCC(C)C1NC(=O)C(C)N(c2cccc(Cl)c2F)C1=O. The summed E-state index contributed by atoms with van der Waals surface area (Å²) in [4.78, 5) is 25.9. The quantitative estimate of drug-likeness (QED) is 0.933. The minimum Gasteiger partial charge on any atom is -0.342 e. The van der Waals surface area contributed by atoms with E-state index in [2.05, 4.69) is 5.32 Å². The molecule has 3 unspecified atom stereocenters. The Kier molecular flexibility index (Phi) is 4.52. The minimum absolute atomic E-state index is 0.0290. The van der Waals surface area contributed by atoms with Crippen LogP contribution in [0.5, 0.6) is 0 Å². The number of anilines is 1. The average molecular weight is 313 g/mol. The van der Waals surface area contributed by atoms with E-state index in [1.807, 2.05) is 13.8 Å². The van der Waals surface area contributed by atoms with Crippen molar-refractivity contribution in [1.29, 1.82) is 0 Å². The summed E-state index contributed by atoms with van der Waals surface area (Å²) in [6, 6.07) is 3.02. The van der Waals surface area contributed by atoms with Crippen molar-refractivity contribution < 1.29 is 14.0 Å². The van der Waals surface area contributed by atoms with Crippen molar-refractivity contribution in [2.75, 3.05) is 4.90 Å². The first-order valence-electron chi connectivity index (χ1n) is 6.96. The number of carbonyl (C=O) groups excluding carboxylic acids is 2. The predicted molar refractivity (Wildman–Crippen MR) is 79.7 cm³/mol. The van der Waals surface area contributed by atoms with Crippen LogP contribution >= 0.6 is 11.6 Å². The van der Waals surface area contributed by atoms with Crippen molar-refractivity contribution in [1.82, 2.24) is 5.32 Å². The molecular formula is C15H18ClFN2O2. The molecule has 1 aromatic rings. The molecule has 0 aliphatic carbocycles. The van der Waals surface area contributed by atoms with Gasteiger partial charge in [0.05, 0.1) is 10.7 Å². The lowest BCUT2D eigenvalue weighted by Gasteiger charge is -2.39. The van der Waals surface area contributed by atoms with Crippen LogP contribution in [0, 0.1) is 11.7 Å². The lowest BCUT2D eigenvalue weighted by Crippen LogP contribution is -2.64. The lowest BCUT2D eigenvalue weighted by molar-refractivity contribution is -0.134. The molecule has 0 aromatic heterocycles. The molecule has 0 radical (unpaired) electrons. The Hall–Kier alpha value is -1.62. The molecule has 1 fully saturated rings. The Balaban J connectivity index is 2.46. The summed E-state index contributed by atoms with van der Waals surface area (Å²) in [5, 5.41) is 2.64. The normalized spacial score (nSPS) is 24.0. The minimum atomic E-state index is -0.772. The number of halogens is 2. The summed E-state index contributed by atoms with van der Waals surface area (Å²) in [7, 11) is 0. The zero-order valence-corrected chi connectivity index (χ0v) is 12.9. The highest BCUT2D eigenvalue weighted by Gasteiger charge is 2.41. The molecule has 2 rings (SSSR count). The van der Waals surface area contributed by atoms with Gasteiger partial charge in [0.15, 0.2) is 5.82 Å². The fourth-order valence-corrected chi connectivity index (χ4v) is 2.59. The maximum atomic E-state index is 14.2. The highest BCUT2D eigenvalue weighted by atomic mass is 35.5. The van der Waals surface area contributed by atoms with Gasteiger partial charge >= 0.3 is 0 Å². The van der Waals surface area contributed by atoms with Gasteiger partial charge < -0.3 is 5.32 Å². The molecule has 0 bridgehead atoms. The van der Waals surface area contributed by atoms with Crippen LogP contribution in [0.15, 0.2) is 18.2 Å². The first-order valence-corrected chi connectivity index (χ1v) is 7.33. The van der Waals surface area contributed by atoms with Crippen molar-refractivity contribution in [2.24, 2.45) is 5.92 Å². The molecule has 6 heteroatoms. The third kappa shape index (κ3) is 2.75. The van der Waals surface area contributed by atoms with Crippen LogP contribution in [0.1, 0.15) is 27.2 Å². The number of piperazine rings is 1. The van der Waals surface area contributed by atoms with Crippen LogP contribution < -0.4 is 10.2 Å². The maximum Gasteiger partial charge on any atom is 0.250 e. The van der Waals surface area contributed by atoms with Gasteiger partial charge in [0.25, 0.3) is 5.91 Å². The smallest absolute Gasteiger partial charge is 0.250 e. The summed E-state index contributed by atoms with van der Waals surface area (Å²) < 4.78 is 14.2. The van der Waals surface area contributed by atoms with Crippen molar-refractivity contribution in [2.45, 2.75) is 39.3 Å². The Morgan fingerprint density at radius 2 is 2.10 bits per heavy atom. The number of hydrogen-bond acceptors (Lipinski definition) is 2. The Morgan fingerprint density at radius 3 is 2.71 bits per heavy atom. The van der Waals surface area contributed by atoms with Gasteiger partial charge in [-0.25, -0.2) is 4.39 Å². The number of carbonyl (C=O) groups is 2. The van der Waals surface area contributed by atoms with E-state index in [-0.39, 0.29) is 28.4 Å². The Labute approximate surface area is 128 Å². The molecule has 1 aliphatic heterocycles. The average Bonchev–Trinajstić information content (AvgIpc) is 2.46. The van der Waals surface area contributed by atoms with E-state index in [4.69, 9.17) is 11.6 Å². The lowest BCUT2D eigenvalue weighted by atomic mass is 9.94. The number of rotatable bonds is 3. The molecule has 114 valence electrons. The van der Waals surface area contributed by atoms with Gasteiger partial charge in [-0.2, -0.15) is 0 Å². The zero-order chi connectivity index (χ0) is 15.7. The van der Waals surface area contributed by atoms with Crippen molar-refractivity contribution >= 4 is 29.1 Å². The summed E-state index contributed by atoms with van der Waals surface area (Å²) in [5.74, 6) is -1.31. The maximum absolute atomic E-state index is 14.2. The molecule has 1 N–H and O–H groups in total.